The minimum Gasteiger partial charge on any atom is -0.352 e. The van der Waals surface area contributed by atoms with Gasteiger partial charge in [0.15, 0.2) is 0 Å². The Morgan fingerprint density at radius 1 is 1.18 bits per heavy atom. The molecule has 0 radical (unpaired) electrons. The highest BCUT2D eigenvalue weighted by Gasteiger charge is 2.19. The lowest BCUT2D eigenvalue weighted by molar-refractivity contribution is -0.121. The van der Waals surface area contributed by atoms with Crippen molar-refractivity contribution >= 4 is 23.3 Å². The van der Waals surface area contributed by atoms with Crippen LogP contribution in [0.4, 0.5) is 4.79 Å². The molecular formula is C20H23N5O2S. The molecule has 1 atom stereocenters. The van der Waals surface area contributed by atoms with Gasteiger partial charge in [-0.05, 0) is 37.4 Å². The Morgan fingerprint density at radius 2 is 1.93 bits per heavy atom. The molecule has 4 N–H and O–H groups in total. The zero-order valence-corrected chi connectivity index (χ0v) is 16.6. The summed E-state index contributed by atoms with van der Waals surface area (Å²) in [5.41, 5.74) is 9.05. The van der Waals surface area contributed by atoms with Gasteiger partial charge in [0.05, 0.1) is 23.8 Å². The van der Waals surface area contributed by atoms with E-state index >= 15 is 0 Å². The number of aryl methyl sites for hydroxylation is 1. The Morgan fingerprint density at radius 3 is 2.57 bits per heavy atom. The van der Waals surface area contributed by atoms with E-state index in [1.54, 1.807) is 0 Å². The van der Waals surface area contributed by atoms with Crippen molar-refractivity contribution in [3.05, 3.63) is 69.7 Å². The lowest BCUT2D eigenvalue weighted by Gasteiger charge is -2.16. The van der Waals surface area contributed by atoms with Crippen LogP contribution in [0.25, 0.3) is 5.69 Å². The molecule has 0 aliphatic rings. The number of thiophene rings is 1. The molecule has 7 nitrogen and oxygen atoms in total. The van der Waals surface area contributed by atoms with Crippen LogP contribution in [-0.2, 0) is 11.3 Å². The van der Waals surface area contributed by atoms with Gasteiger partial charge >= 0.3 is 6.03 Å². The molecule has 0 fully saturated rings. The van der Waals surface area contributed by atoms with Crippen molar-refractivity contribution in [2.75, 3.05) is 0 Å². The second kappa shape index (κ2) is 8.71. The zero-order valence-electron chi connectivity index (χ0n) is 15.8. The van der Waals surface area contributed by atoms with Crippen LogP contribution in [0.2, 0.25) is 0 Å². The molecule has 0 saturated heterocycles. The molecule has 0 saturated carbocycles. The van der Waals surface area contributed by atoms with Gasteiger partial charge in [0.2, 0.25) is 5.91 Å². The summed E-state index contributed by atoms with van der Waals surface area (Å²) in [6.45, 7) is 4.28. The van der Waals surface area contributed by atoms with E-state index in [9.17, 15) is 9.59 Å². The number of para-hydroxylation sites is 1. The first-order valence-electron chi connectivity index (χ1n) is 8.92. The fourth-order valence-corrected chi connectivity index (χ4v) is 3.86. The van der Waals surface area contributed by atoms with Gasteiger partial charge in [0.25, 0.3) is 0 Å². The monoisotopic (exact) mass is 397 g/mol. The van der Waals surface area contributed by atoms with Gasteiger partial charge in [-0.1, -0.05) is 24.3 Å². The average molecular weight is 398 g/mol. The molecule has 2 heterocycles. The summed E-state index contributed by atoms with van der Waals surface area (Å²) >= 11 is 1.47. The van der Waals surface area contributed by atoms with Crippen molar-refractivity contribution in [2.24, 2.45) is 5.73 Å². The van der Waals surface area contributed by atoms with E-state index in [1.165, 1.54) is 11.3 Å². The number of rotatable bonds is 7. The summed E-state index contributed by atoms with van der Waals surface area (Å²) in [6, 6.07) is 12.5. The van der Waals surface area contributed by atoms with Gasteiger partial charge < -0.3 is 16.4 Å². The molecule has 1 aromatic carbocycles. The number of hydrogen-bond acceptors (Lipinski definition) is 4. The van der Waals surface area contributed by atoms with Gasteiger partial charge in [-0.25, -0.2) is 9.48 Å². The summed E-state index contributed by atoms with van der Waals surface area (Å²) in [5, 5.41) is 12.1. The molecule has 28 heavy (non-hydrogen) atoms. The molecule has 3 amide bonds. The number of benzene rings is 1. The quantitative estimate of drug-likeness (QED) is 0.571. The molecule has 1 unspecified atom stereocenters. The van der Waals surface area contributed by atoms with Gasteiger partial charge in [-0.15, -0.1) is 11.3 Å². The zero-order chi connectivity index (χ0) is 20.1. The molecule has 0 bridgehead atoms. The minimum atomic E-state index is -0.651. The fourth-order valence-electron chi connectivity index (χ4n) is 3.08. The Bertz CT molecular complexity index is 951. The van der Waals surface area contributed by atoms with Gasteiger partial charge in [-0.3, -0.25) is 4.79 Å². The smallest absolute Gasteiger partial charge is 0.312 e. The largest absolute Gasteiger partial charge is 0.352 e. The third-order valence-electron chi connectivity index (χ3n) is 4.50. The van der Waals surface area contributed by atoms with Crippen molar-refractivity contribution in [1.82, 2.24) is 20.4 Å². The SMILES string of the molecule is Cc1nn(-c2ccccc2)c(C)c1CNC(=O)CC(NC(N)=O)c1cccs1. The van der Waals surface area contributed by atoms with Crippen LogP contribution >= 0.6 is 11.3 Å². The predicted octanol–water partition coefficient (Wildman–Crippen LogP) is 2.97. The van der Waals surface area contributed by atoms with Gasteiger partial charge in [0, 0.05) is 22.7 Å². The van der Waals surface area contributed by atoms with Crippen LogP contribution in [0.3, 0.4) is 0 Å². The Labute approximate surface area is 167 Å². The molecular weight excluding hydrogens is 374 g/mol. The number of carbonyl (C=O) groups is 2. The van der Waals surface area contributed by atoms with E-state index in [2.05, 4.69) is 15.7 Å². The summed E-state index contributed by atoms with van der Waals surface area (Å²) in [6.07, 6.45) is 0.119. The molecule has 8 heteroatoms. The maximum atomic E-state index is 12.5. The molecule has 3 rings (SSSR count). The van der Waals surface area contributed by atoms with E-state index in [0.29, 0.717) is 6.54 Å². The Hall–Kier alpha value is -3.13. The summed E-state index contributed by atoms with van der Waals surface area (Å²) in [5.74, 6) is -0.168. The van der Waals surface area contributed by atoms with Crippen molar-refractivity contribution in [3.63, 3.8) is 0 Å². The molecule has 0 aliphatic heterocycles. The standard InChI is InChI=1S/C20H23N5O2S/c1-13-16(14(2)25(24-13)15-7-4-3-5-8-15)12-22-19(26)11-17(23-20(21)27)18-9-6-10-28-18/h3-10,17H,11-12H2,1-2H3,(H,22,26)(H3,21,23,27). The first-order chi connectivity index (χ1) is 13.5. The van der Waals surface area contributed by atoms with Crippen LogP contribution in [0.5, 0.6) is 0 Å². The minimum absolute atomic E-state index is 0.119. The van der Waals surface area contributed by atoms with E-state index in [4.69, 9.17) is 5.73 Å². The average Bonchev–Trinajstić information content (AvgIpc) is 3.29. The van der Waals surface area contributed by atoms with Crippen LogP contribution < -0.4 is 16.4 Å². The molecule has 2 aromatic heterocycles. The number of nitrogens with two attached hydrogens (primary N) is 1. The van der Waals surface area contributed by atoms with Gasteiger partial charge in [-0.2, -0.15) is 5.10 Å². The lowest BCUT2D eigenvalue weighted by Crippen LogP contribution is -2.36. The van der Waals surface area contributed by atoms with Crippen molar-refractivity contribution in [3.8, 4) is 5.69 Å². The van der Waals surface area contributed by atoms with Crippen LogP contribution in [0.15, 0.2) is 47.8 Å². The summed E-state index contributed by atoms with van der Waals surface area (Å²) in [4.78, 5) is 24.6. The molecule has 3 aromatic rings. The van der Waals surface area contributed by atoms with Crippen molar-refractivity contribution in [1.29, 1.82) is 0 Å². The second-order valence-corrected chi connectivity index (χ2v) is 7.43. The van der Waals surface area contributed by atoms with E-state index in [-0.39, 0.29) is 12.3 Å². The maximum Gasteiger partial charge on any atom is 0.312 e. The third kappa shape index (κ3) is 4.58. The van der Waals surface area contributed by atoms with Crippen LogP contribution in [-0.4, -0.2) is 21.7 Å². The van der Waals surface area contributed by atoms with E-state index in [0.717, 1.165) is 27.5 Å². The molecule has 146 valence electrons. The first-order valence-corrected chi connectivity index (χ1v) is 9.80. The second-order valence-electron chi connectivity index (χ2n) is 6.45. The number of nitrogens with one attached hydrogen (secondary N) is 2. The first kappa shape index (κ1) is 19.6. The predicted molar refractivity (Wildman–Crippen MR) is 109 cm³/mol. The topological polar surface area (TPSA) is 102 Å². The lowest BCUT2D eigenvalue weighted by atomic mass is 10.1. The molecule has 0 spiro atoms. The number of primary amides is 1. The van der Waals surface area contributed by atoms with Crippen molar-refractivity contribution < 1.29 is 9.59 Å². The number of urea groups is 1. The highest BCUT2D eigenvalue weighted by Crippen LogP contribution is 2.22. The third-order valence-corrected chi connectivity index (χ3v) is 5.48. The Balaban J connectivity index is 1.67. The van der Waals surface area contributed by atoms with E-state index in [1.807, 2.05) is 66.4 Å². The number of amides is 3. The number of nitrogens with zero attached hydrogens (tertiary/aromatic N) is 2. The van der Waals surface area contributed by atoms with Crippen LogP contribution in [0.1, 0.15) is 34.3 Å². The number of aromatic nitrogens is 2. The van der Waals surface area contributed by atoms with E-state index < -0.39 is 12.1 Å². The maximum absolute atomic E-state index is 12.5. The Kier molecular flexibility index (Phi) is 6.10. The number of carbonyl (C=O) groups excluding carboxylic acids is 2. The summed E-state index contributed by atoms with van der Waals surface area (Å²) < 4.78 is 1.87. The normalized spacial score (nSPS) is 11.8. The van der Waals surface area contributed by atoms with Gasteiger partial charge in [0.1, 0.15) is 0 Å². The number of hydrogen-bond donors (Lipinski definition) is 3. The fraction of sp³-hybridized carbons (Fsp3) is 0.250. The highest BCUT2D eigenvalue weighted by atomic mass is 32.1. The van der Waals surface area contributed by atoms with Crippen molar-refractivity contribution in [2.45, 2.75) is 32.9 Å². The molecule has 0 aliphatic carbocycles. The highest BCUT2D eigenvalue weighted by molar-refractivity contribution is 7.10. The van der Waals surface area contributed by atoms with Crippen LogP contribution in [0, 0.1) is 13.8 Å². The summed E-state index contributed by atoms with van der Waals surface area (Å²) in [7, 11) is 0.